The van der Waals surface area contributed by atoms with Crippen molar-refractivity contribution in [3.05, 3.63) is 36.0 Å². The fourth-order valence-corrected chi connectivity index (χ4v) is 8.35. The van der Waals surface area contributed by atoms with Crippen LogP contribution >= 0.6 is 0 Å². The van der Waals surface area contributed by atoms with Crippen molar-refractivity contribution >= 4 is 10.8 Å². The van der Waals surface area contributed by atoms with Crippen LogP contribution in [-0.2, 0) is 17.3 Å². The second-order valence-corrected chi connectivity index (χ2v) is 11.4. The average molecular weight is 429 g/mol. The van der Waals surface area contributed by atoms with Crippen LogP contribution in [0.15, 0.2) is 24.5 Å². The second kappa shape index (κ2) is 6.95. The molecule has 5 nitrogen and oxygen atoms in total. The summed E-state index contributed by atoms with van der Waals surface area (Å²) in [5.74, 6) is 3.72. The molecule has 4 heterocycles. The number of rotatable bonds is 4. The molecule has 0 bridgehead atoms. The summed E-state index contributed by atoms with van der Waals surface area (Å²) < 4.78 is 27.3. The number of fused-ring (bicyclic) bond motifs is 1. The maximum atomic E-state index is 13.6. The predicted molar refractivity (Wildman–Crippen MR) is 115 cm³/mol. The highest BCUT2D eigenvalue weighted by molar-refractivity contribution is 7.86. The van der Waals surface area contributed by atoms with Crippen molar-refractivity contribution < 1.29 is 8.60 Å². The van der Waals surface area contributed by atoms with Crippen LogP contribution in [0.5, 0.6) is 0 Å². The number of aryl methyl sites for hydroxylation is 1. The van der Waals surface area contributed by atoms with E-state index in [2.05, 4.69) is 27.6 Å². The molecule has 0 amide bonds. The highest BCUT2D eigenvalue weighted by Crippen LogP contribution is 2.64. The molecule has 2 atom stereocenters. The van der Waals surface area contributed by atoms with Gasteiger partial charge in [-0.1, -0.05) is 0 Å². The summed E-state index contributed by atoms with van der Waals surface area (Å²) in [6.45, 7) is 5.35. The quantitative estimate of drug-likeness (QED) is 0.749. The van der Waals surface area contributed by atoms with Crippen molar-refractivity contribution in [1.82, 2.24) is 19.7 Å². The first kappa shape index (κ1) is 19.1. The van der Waals surface area contributed by atoms with Gasteiger partial charge in [0.05, 0.1) is 11.9 Å². The molecule has 2 saturated carbocycles. The Morgan fingerprint density at radius 3 is 2.53 bits per heavy atom. The lowest BCUT2D eigenvalue weighted by Gasteiger charge is -2.48. The van der Waals surface area contributed by atoms with Crippen LogP contribution < -0.4 is 0 Å². The van der Waals surface area contributed by atoms with Crippen LogP contribution in [0.3, 0.4) is 0 Å². The van der Waals surface area contributed by atoms with Gasteiger partial charge in [-0.2, -0.15) is 5.10 Å². The van der Waals surface area contributed by atoms with Crippen LogP contribution in [0.2, 0.25) is 0 Å². The van der Waals surface area contributed by atoms with Gasteiger partial charge in [-0.15, -0.1) is 0 Å². The van der Waals surface area contributed by atoms with Gasteiger partial charge in [0.1, 0.15) is 5.82 Å². The lowest BCUT2D eigenvalue weighted by Crippen LogP contribution is -2.53. The molecular weight excluding hydrogens is 399 g/mol. The number of aromatic nitrogens is 3. The fraction of sp³-hybridized carbons (Fsp3) is 0.652. The number of pyridine rings is 1. The standard InChI is InChI=1S/C23H29FN4OS/c1-2-28-21(10-20(26-28)15-7-16(24)12-25-11-15)22-18-8-17(9-19(18)22)27-5-3-23(4-6-27)13-30(29)14-23/h7,10-12,17-19,22H,2-6,8-9,13-14H2,1H3. The van der Waals surface area contributed by atoms with Crippen LogP contribution in [0.4, 0.5) is 4.39 Å². The third kappa shape index (κ3) is 3.08. The topological polar surface area (TPSA) is 51.0 Å². The molecule has 2 saturated heterocycles. The molecule has 30 heavy (non-hydrogen) atoms. The summed E-state index contributed by atoms with van der Waals surface area (Å²) in [7, 11) is -0.535. The van der Waals surface area contributed by atoms with Crippen molar-refractivity contribution in [2.45, 2.75) is 51.1 Å². The smallest absolute Gasteiger partial charge is 0.142 e. The van der Waals surface area contributed by atoms with Crippen molar-refractivity contribution in [2.24, 2.45) is 17.3 Å². The van der Waals surface area contributed by atoms with E-state index >= 15 is 0 Å². The first-order valence-electron chi connectivity index (χ1n) is 11.3. The predicted octanol–water partition coefficient (Wildman–Crippen LogP) is 3.44. The minimum atomic E-state index is -0.535. The monoisotopic (exact) mass is 428 g/mol. The normalized spacial score (nSPS) is 32.9. The van der Waals surface area contributed by atoms with E-state index in [0.717, 1.165) is 47.2 Å². The van der Waals surface area contributed by atoms with Crippen molar-refractivity contribution in [3.8, 4) is 11.3 Å². The molecule has 0 radical (unpaired) electrons. The zero-order chi connectivity index (χ0) is 20.5. The minimum absolute atomic E-state index is 0.317. The molecule has 2 unspecified atom stereocenters. The van der Waals surface area contributed by atoms with E-state index in [9.17, 15) is 8.60 Å². The van der Waals surface area contributed by atoms with E-state index < -0.39 is 10.8 Å². The zero-order valence-electron chi connectivity index (χ0n) is 17.5. The zero-order valence-corrected chi connectivity index (χ0v) is 18.3. The fourth-order valence-electron chi connectivity index (χ4n) is 6.49. The second-order valence-electron chi connectivity index (χ2n) is 9.91. The van der Waals surface area contributed by atoms with E-state index in [4.69, 9.17) is 5.10 Å². The number of halogens is 1. The van der Waals surface area contributed by atoms with Crippen molar-refractivity contribution in [2.75, 3.05) is 24.6 Å². The molecule has 6 rings (SSSR count). The number of nitrogens with zero attached hydrogens (tertiary/aromatic N) is 4. The van der Waals surface area contributed by atoms with Crippen LogP contribution in [-0.4, -0.2) is 54.5 Å². The maximum absolute atomic E-state index is 13.6. The molecule has 2 aliphatic heterocycles. The highest BCUT2D eigenvalue weighted by Gasteiger charge is 2.59. The third-order valence-electron chi connectivity index (χ3n) is 8.18. The van der Waals surface area contributed by atoms with Crippen molar-refractivity contribution in [1.29, 1.82) is 0 Å². The molecule has 7 heteroatoms. The Bertz CT molecular complexity index is 977. The van der Waals surface area contributed by atoms with E-state index in [1.807, 2.05) is 0 Å². The van der Waals surface area contributed by atoms with Crippen LogP contribution in [0, 0.1) is 23.1 Å². The van der Waals surface area contributed by atoms with Gasteiger partial charge in [-0.3, -0.25) is 13.9 Å². The highest BCUT2D eigenvalue weighted by atomic mass is 32.2. The molecule has 4 fully saturated rings. The largest absolute Gasteiger partial charge is 0.300 e. The lowest BCUT2D eigenvalue weighted by atomic mass is 9.80. The van der Waals surface area contributed by atoms with Gasteiger partial charge < -0.3 is 4.90 Å². The minimum Gasteiger partial charge on any atom is -0.300 e. The van der Waals surface area contributed by atoms with Gasteiger partial charge >= 0.3 is 0 Å². The SMILES string of the molecule is CCn1nc(-c2cncc(F)c2)cc1C1C2CC(N3CCC4(CC3)CS(=O)C4)CC21. The van der Waals surface area contributed by atoms with Crippen LogP contribution in [0.25, 0.3) is 11.3 Å². The van der Waals surface area contributed by atoms with Crippen LogP contribution in [0.1, 0.15) is 44.2 Å². The van der Waals surface area contributed by atoms with E-state index in [-0.39, 0.29) is 5.82 Å². The van der Waals surface area contributed by atoms with E-state index in [1.54, 1.807) is 6.20 Å². The van der Waals surface area contributed by atoms with E-state index in [1.165, 1.54) is 56.7 Å². The molecule has 2 aliphatic carbocycles. The molecule has 2 aromatic heterocycles. The Morgan fingerprint density at radius 2 is 1.90 bits per heavy atom. The summed E-state index contributed by atoms with van der Waals surface area (Å²) in [6.07, 6.45) is 7.99. The van der Waals surface area contributed by atoms with Gasteiger partial charge in [0.25, 0.3) is 0 Å². The average Bonchev–Trinajstić information content (AvgIpc) is 3.08. The molecule has 160 valence electrons. The number of likely N-dealkylation sites (tertiary alicyclic amines) is 1. The van der Waals surface area contributed by atoms with Gasteiger partial charge in [-0.25, -0.2) is 4.39 Å². The Labute approximate surface area is 179 Å². The van der Waals surface area contributed by atoms with Gasteiger partial charge in [-0.05, 0) is 75.1 Å². The first-order valence-corrected chi connectivity index (χ1v) is 12.8. The summed E-state index contributed by atoms with van der Waals surface area (Å²) in [6, 6.07) is 4.41. The summed E-state index contributed by atoms with van der Waals surface area (Å²) in [5.41, 5.74) is 3.33. The van der Waals surface area contributed by atoms with Gasteiger partial charge in [0.2, 0.25) is 0 Å². The van der Waals surface area contributed by atoms with Gasteiger partial charge in [0, 0.05) is 58.3 Å². The summed E-state index contributed by atoms with van der Waals surface area (Å²) in [5, 5.41) is 4.75. The molecule has 4 aliphatic rings. The van der Waals surface area contributed by atoms with Crippen molar-refractivity contribution in [3.63, 3.8) is 0 Å². The summed E-state index contributed by atoms with van der Waals surface area (Å²) in [4.78, 5) is 6.70. The maximum Gasteiger partial charge on any atom is 0.142 e. The lowest BCUT2D eigenvalue weighted by molar-refractivity contribution is 0.0871. The molecule has 0 aromatic carbocycles. The molecule has 2 aromatic rings. The Hall–Kier alpha value is -1.60. The third-order valence-corrected chi connectivity index (χ3v) is 10.1. The van der Waals surface area contributed by atoms with Gasteiger partial charge in [0.15, 0.2) is 0 Å². The Kier molecular flexibility index (Phi) is 4.43. The number of hydrogen-bond acceptors (Lipinski definition) is 4. The van der Waals surface area contributed by atoms with E-state index in [0.29, 0.717) is 11.3 Å². The Morgan fingerprint density at radius 1 is 1.17 bits per heavy atom. The molecule has 1 spiro atoms. The first-order chi connectivity index (χ1) is 14.5. The number of hydrogen-bond donors (Lipinski definition) is 0. The summed E-state index contributed by atoms with van der Waals surface area (Å²) >= 11 is 0. The molecule has 0 N–H and O–H groups in total. The molecular formula is C23H29FN4OS. The Balaban J connectivity index is 1.12. The number of piperidine rings is 1.